The number of carbonyl (C=O) groups excluding carboxylic acids is 1. The van der Waals surface area contributed by atoms with E-state index in [4.69, 9.17) is 9.84 Å². The lowest BCUT2D eigenvalue weighted by Gasteiger charge is -2.40. The van der Waals surface area contributed by atoms with E-state index in [0.29, 0.717) is 11.5 Å². The molecule has 1 aliphatic heterocycles. The molecular formula is C14H26N2O3. The molecule has 0 radical (unpaired) electrons. The summed E-state index contributed by atoms with van der Waals surface area (Å²) in [5.41, 5.74) is -0.0874. The van der Waals surface area contributed by atoms with Crippen molar-refractivity contribution in [1.29, 1.82) is 0 Å². The van der Waals surface area contributed by atoms with Crippen LogP contribution >= 0.6 is 0 Å². The van der Waals surface area contributed by atoms with Gasteiger partial charge in [0, 0.05) is 32.3 Å². The van der Waals surface area contributed by atoms with Crippen molar-refractivity contribution in [2.75, 3.05) is 26.2 Å². The minimum absolute atomic E-state index is 0.220. The average Bonchev–Trinajstić information content (AvgIpc) is 2.93. The highest BCUT2D eigenvalue weighted by Crippen LogP contribution is 2.48. The summed E-state index contributed by atoms with van der Waals surface area (Å²) in [4.78, 5) is 13.5. The second-order valence-corrected chi connectivity index (χ2v) is 6.94. The van der Waals surface area contributed by atoms with Crippen molar-refractivity contribution in [3.63, 3.8) is 0 Å². The zero-order valence-corrected chi connectivity index (χ0v) is 12.2. The van der Waals surface area contributed by atoms with Gasteiger partial charge in [-0.05, 0) is 45.4 Å². The van der Waals surface area contributed by atoms with Gasteiger partial charge in [0.25, 0.3) is 0 Å². The number of nitrogens with zero attached hydrogens (tertiary/aromatic N) is 1. The van der Waals surface area contributed by atoms with E-state index in [1.165, 1.54) is 12.8 Å². The van der Waals surface area contributed by atoms with Crippen LogP contribution in [0.25, 0.3) is 0 Å². The van der Waals surface area contributed by atoms with Gasteiger partial charge in [-0.1, -0.05) is 0 Å². The fourth-order valence-corrected chi connectivity index (χ4v) is 2.37. The Kier molecular flexibility index (Phi) is 4.06. The third kappa shape index (κ3) is 4.08. The van der Waals surface area contributed by atoms with E-state index >= 15 is 0 Å². The summed E-state index contributed by atoms with van der Waals surface area (Å²) in [7, 11) is 0. The molecule has 5 heteroatoms. The lowest BCUT2D eigenvalue weighted by Crippen LogP contribution is -2.61. The molecule has 0 aromatic rings. The summed E-state index contributed by atoms with van der Waals surface area (Å²) in [6, 6.07) is 0.378. The second-order valence-electron chi connectivity index (χ2n) is 6.94. The van der Waals surface area contributed by atoms with Crippen LogP contribution in [0.5, 0.6) is 0 Å². The first-order valence-corrected chi connectivity index (χ1v) is 7.16. The number of amides is 1. The fourth-order valence-electron chi connectivity index (χ4n) is 2.37. The number of likely N-dealkylation sites (tertiary alicyclic amines) is 1. The summed E-state index contributed by atoms with van der Waals surface area (Å²) < 4.78 is 5.31. The Bertz CT molecular complexity index is 328. The van der Waals surface area contributed by atoms with Crippen molar-refractivity contribution in [1.82, 2.24) is 10.2 Å². The summed E-state index contributed by atoms with van der Waals surface area (Å²) in [5, 5.41) is 12.5. The summed E-state index contributed by atoms with van der Waals surface area (Å²) in [6.45, 7) is 8.33. The SMILES string of the molecule is CC(C)(C)OC(=O)N1CC(NCC2(CCO)CC2)C1. The van der Waals surface area contributed by atoms with Crippen molar-refractivity contribution >= 4 is 6.09 Å². The zero-order valence-electron chi connectivity index (χ0n) is 12.2. The summed E-state index contributed by atoms with van der Waals surface area (Å²) in [6.07, 6.45) is 3.09. The molecule has 0 bridgehead atoms. The van der Waals surface area contributed by atoms with Crippen molar-refractivity contribution in [3.8, 4) is 0 Å². The van der Waals surface area contributed by atoms with Gasteiger partial charge in [-0.15, -0.1) is 0 Å². The van der Waals surface area contributed by atoms with Crippen molar-refractivity contribution in [2.24, 2.45) is 5.41 Å². The van der Waals surface area contributed by atoms with Crippen LogP contribution in [0, 0.1) is 5.41 Å². The Morgan fingerprint density at radius 1 is 1.42 bits per heavy atom. The molecule has 0 aromatic heterocycles. The first-order valence-electron chi connectivity index (χ1n) is 7.16. The molecule has 0 aromatic carbocycles. The fraction of sp³-hybridized carbons (Fsp3) is 0.929. The molecule has 19 heavy (non-hydrogen) atoms. The molecule has 1 saturated carbocycles. The van der Waals surface area contributed by atoms with Gasteiger partial charge in [0.1, 0.15) is 5.60 Å². The van der Waals surface area contributed by atoms with E-state index in [1.54, 1.807) is 4.90 Å². The van der Waals surface area contributed by atoms with Gasteiger partial charge in [0.15, 0.2) is 0 Å². The number of ether oxygens (including phenoxy) is 1. The van der Waals surface area contributed by atoms with Gasteiger partial charge in [0.2, 0.25) is 0 Å². The number of aliphatic hydroxyl groups is 1. The van der Waals surface area contributed by atoms with E-state index in [0.717, 1.165) is 26.1 Å². The van der Waals surface area contributed by atoms with Crippen LogP contribution < -0.4 is 5.32 Å². The monoisotopic (exact) mass is 270 g/mol. The van der Waals surface area contributed by atoms with Crippen molar-refractivity contribution < 1.29 is 14.6 Å². The predicted molar refractivity (Wildman–Crippen MR) is 73.0 cm³/mol. The van der Waals surface area contributed by atoms with E-state index in [9.17, 15) is 4.79 Å². The molecule has 5 nitrogen and oxygen atoms in total. The number of hydrogen-bond donors (Lipinski definition) is 2. The average molecular weight is 270 g/mol. The largest absolute Gasteiger partial charge is 0.444 e. The molecule has 1 heterocycles. The lowest BCUT2D eigenvalue weighted by molar-refractivity contribution is 0.00481. The standard InChI is InChI=1S/C14H26N2O3/c1-13(2,3)19-12(18)16-8-11(9-16)15-10-14(4-5-14)6-7-17/h11,15,17H,4-10H2,1-3H3. The molecule has 0 spiro atoms. The molecule has 1 saturated heterocycles. The quantitative estimate of drug-likeness (QED) is 0.792. The normalized spacial score (nSPS) is 22.0. The highest BCUT2D eigenvalue weighted by molar-refractivity contribution is 5.69. The molecule has 2 N–H and O–H groups in total. The summed E-state index contributed by atoms with van der Waals surface area (Å²) >= 11 is 0. The Balaban J connectivity index is 1.63. The molecule has 2 rings (SSSR count). The van der Waals surface area contributed by atoms with E-state index in [2.05, 4.69) is 5.32 Å². The molecule has 1 amide bonds. The number of carbonyl (C=O) groups is 1. The van der Waals surface area contributed by atoms with E-state index in [1.807, 2.05) is 20.8 Å². The Labute approximate surface area is 115 Å². The Morgan fingerprint density at radius 2 is 2.05 bits per heavy atom. The minimum atomic E-state index is -0.422. The number of rotatable bonds is 5. The van der Waals surface area contributed by atoms with Crippen LogP contribution in [0.1, 0.15) is 40.0 Å². The van der Waals surface area contributed by atoms with Crippen LogP contribution in [0.3, 0.4) is 0 Å². The van der Waals surface area contributed by atoms with Crippen LogP contribution in [0.2, 0.25) is 0 Å². The summed E-state index contributed by atoms with van der Waals surface area (Å²) in [5.74, 6) is 0. The van der Waals surface area contributed by atoms with Gasteiger partial charge in [0.05, 0.1) is 0 Å². The van der Waals surface area contributed by atoms with Gasteiger partial charge in [-0.2, -0.15) is 0 Å². The molecule has 1 aliphatic carbocycles. The van der Waals surface area contributed by atoms with Crippen LogP contribution in [0.15, 0.2) is 0 Å². The van der Waals surface area contributed by atoms with Gasteiger partial charge in [-0.25, -0.2) is 4.79 Å². The van der Waals surface area contributed by atoms with Gasteiger partial charge < -0.3 is 20.1 Å². The first-order chi connectivity index (χ1) is 8.84. The lowest BCUT2D eigenvalue weighted by atomic mass is 10.0. The predicted octanol–water partition coefficient (Wildman–Crippen LogP) is 1.36. The Hall–Kier alpha value is -0.810. The number of nitrogens with one attached hydrogen (secondary N) is 1. The van der Waals surface area contributed by atoms with Crippen LogP contribution in [0.4, 0.5) is 4.79 Å². The molecule has 0 atom stereocenters. The molecule has 110 valence electrons. The van der Waals surface area contributed by atoms with E-state index < -0.39 is 5.60 Å². The molecule has 2 fully saturated rings. The smallest absolute Gasteiger partial charge is 0.410 e. The third-order valence-corrected chi connectivity index (χ3v) is 3.90. The molecule has 2 aliphatic rings. The highest BCUT2D eigenvalue weighted by atomic mass is 16.6. The second kappa shape index (κ2) is 5.29. The van der Waals surface area contributed by atoms with Gasteiger partial charge >= 0.3 is 6.09 Å². The number of hydrogen-bond acceptors (Lipinski definition) is 4. The van der Waals surface area contributed by atoms with Crippen molar-refractivity contribution in [2.45, 2.75) is 51.7 Å². The minimum Gasteiger partial charge on any atom is -0.444 e. The third-order valence-electron chi connectivity index (χ3n) is 3.90. The van der Waals surface area contributed by atoms with Gasteiger partial charge in [-0.3, -0.25) is 0 Å². The zero-order chi connectivity index (χ0) is 14.1. The van der Waals surface area contributed by atoms with Crippen molar-refractivity contribution in [3.05, 3.63) is 0 Å². The van der Waals surface area contributed by atoms with Crippen LogP contribution in [-0.4, -0.2) is 54.0 Å². The first kappa shape index (κ1) is 14.6. The van der Waals surface area contributed by atoms with Crippen LogP contribution in [-0.2, 0) is 4.74 Å². The number of aliphatic hydroxyl groups excluding tert-OH is 1. The Morgan fingerprint density at radius 3 is 2.53 bits per heavy atom. The maximum atomic E-state index is 11.7. The maximum Gasteiger partial charge on any atom is 0.410 e. The topological polar surface area (TPSA) is 61.8 Å². The molecule has 0 unspecified atom stereocenters. The van der Waals surface area contributed by atoms with E-state index in [-0.39, 0.29) is 12.7 Å². The maximum absolute atomic E-state index is 11.7. The molecular weight excluding hydrogens is 244 g/mol. The highest BCUT2D eigenvalue weighted by Gasteiger charge is 2.43.